The number of benzene rings is 1. The van der Waals surface area contributed by atoms with Crippen LogP contribution in [0, 0.1) is 11.6 Å². The number of rotatable bonds is 3. The number of carbonyl (C=O) groups excluding carboxylic acids is 2. The Morgan fingerprint density at radius 1 is 1.07 bits per heavy atom. The number of hydrogen-bond acceptors (Lipinski definition) is 4. The highest BCUT2D eigenvalue weighted by Gasteiger charge is 2.40. The highest BCUT2D eigenvalue weighted by molar-refractivity contribution is 6.03. The molecular weight excluding hydrogens is 376 g/mol. The predicted octanol–water partition coefficient (Wildman–Crippen LogP) is 4.81. The van der Waals surface area contributed by atoms with E-state index in [0.29, 0.717) is 35.2 Å². The first-order valence-corrected chi connectivity index (χ1v) is 10.4. The van der Waals surface area contributed by atoms with Gasteiger partial charge in [0.15, 0.2) is 17.4 Å². The van der Waals surface area contributed by atoms with Crippen molar-refractivity contribution in [3.8, 4) is 0 Å². The van der Waals surface area contributed by atoms with Gasteiger partial charge in [0.2, 0.25) is 0 Å². The van der Waals surface area contributed by atoms with E-state index in [1.807, 2.05) is 0 Å². The molecule has 1 saturated carbocycles. The van der Waals surface area contributed by atoms with Gasteiger partial charge in [0.05, 0.1) is 5.57 Å². The summed E-state index contributed by atoms with van der Waals surface area (Å²) in [4.78, 5) is 26.0. The van der Waals surface area contributed by atoms with Crippen LogP contribution in [-0.4, -0.2) is 17.9 Å². The summed E-state index contributed by atoms with van der Waals surface area (Å²) in [5.41, 5.74) is 2.55. The van der Waals surface area contributed by atoms with Crippen LogP contribution in [-0.2, 0) is 14.3 Å². The van der Waals surface area contributed by atoms with Crippen LogP contribution >= 0.6 is 0 Å². The molecule has 154 valence electrons. The number of dihydropyridines is 1. The highest BCUT2D eigenvalue weighted by Crippen LogP contribution is 2.43. The number of ether oxygens (including phenoxy) is 1. The largest absolute Gasteiger partial charge is 0.459 e. The van der Waals surface area contributed by atoms with Gasteiger partial charge in [-0.05, 0) is 63.1 Å². The molecule has 1 atom stereocenters. The Balaban J connectivity index is 1.75. The maximum Gasteiger partial charge on any atom is 0.337 e. The predicted molar refractivity (Wildman–Crippen MR) is 104 cm³/mol. The highest BCUT2D eigenvalue weighted by atomic mass is 19.2. The van der Waals surface area contributed by atoms with Gasteiger partial charge < -0.3 is 10.1 Å². The number of allylic oxidation sites excluding steroid dienone is 3. The Bertz CT molecular complexity index is 913. The van der Waals surface area contributed by atoms with E-state index >= 15 is 0 Å². The standard InChI is InChI=1S/C23H25F2NO3/c1-13-20(23(28)29-15-6-3-2-4-7-15)21(14-10-11-16(24)17(25)12-14)22-18(26-13)8-5-9-19(22)27/h10-12,15,21,26H,2-9H2,1H3/t21-/m1/s1. The summed E-state index contributed by atoms with van der Waals surface area (Å²) in [5.74, 6) is -3.25. The second-order valence-corrected chi connectivity index (χ2v) is 8.10. The Hall–Kier alpha value is -2.50. The van der Waals surface area contributed by atoms with Crippen molar-refractivity contribution in [1.29, 1.82) is 0 Å². The molecule has 1 aromatic carbocycles. The molecule has 1 aliphatic heterocycles. The van der Waals surface area contributed by atoms with Crippen molar-refractivity contribution in [1.82, 2.24) is 5.32 Å². The molecule has 1 heterocycles. The molecule has 3 aliphatic rings. The number of Topliss-reactive ketones (excluding diaryl/α,β-unsaturated/α-hetero) is 1. The van der Waals surface area contributed by atoms with E-state index < -0.39 is 23.5 Å². The van der Waals surface area contributed by atoms with E-state index in [4.69, 9.17) is 4.74 Å². The van der Waals surface area contributed by atoms with E-state index in [1.54, 1.807) is 6.92 Å². The van der Waals surface area contributed by atoms with Crippen LogP contribution < -0.4 is 5.32 Å². The molecular formula is C23H25F2NO3. The molecule has 1 fully saturated rings. The lowest BCUT2D eigenvalue weighted by molar-refractivity contribution is -0.146. The molecule has 0 saturated heterocycles. The van der Waals surface area contributed by atoms with Crippen molar-refractivity contribution in [2.45, 2.75) is 70.3 Å². The van der Waals surface area contributed by atoms with Gasteiger partial charge in [-0.2, -0.15) is 0 Å². The number of carbonyl (C=O) groups is 2. The summed E-state index contributed by atoms with van der Waals surface area (Å²) in [6.07, 6.45) is 6.49. The number of nitrogens with one attached hydrogen (secondary N) is 1. The van der Waals surface area contributed by atoms with Crippen LogP contribution in [0.4, 0.5) is 8.78 Å². The smallest absolute Gasteiger partial charge is 0.337 e. The third-order valence-electron chi connectivity index (χ3n) is 6.10. The van der Waals surface area contributed by atoms with E-state index in [2.05, 4.69) is 5.32 Å². The second-order valence-electron chi connectivity index (χ2n) is 8.10. The minimum absolute atomic E-state index is 0.0658. The zero-order valence-electron chi connectivity index (χ0n) is 16.5. The van der Waals surface area contributed by atoms with Gasteiger partial charge in [-0.3, -0.25) is 4.79 Å². The minimum Gasteiger partial charge on any atom is -0.459 e. The van der Waals surface area contributed by atoms with Crippen LogP contribution in [0.5, 0.6) is 0 Å². The Labute approximate surface area is 169 Å². The first-order valence-electron chi connectivity index (χ1n) is 10.4. The van der Waals surface area contributed by atoms with Crippen molar-refractivity contribution >= 4 is 11.8 Å². The fraction of sp³-hybridized carbons (Fsp3) is 0.478. The first kappa shape index (κ1) is 19.8. The molecule has 1 N–H and O–H groups in total. The molecule has 4 rings (SSSR count). The maximum atomic E-state index is 14.0. The molecule has 6 heteroatoms. The van der Waals surface area contributed by atoms with Crippen molar-refractivity contribution in [2.75, 3.05) is 0 Å². The van der Waals surface area contributed by atoms with Crippen LogP contribution in [0.2, 0.25) is 0 Å². The number of hydrogen-bond donors (Lipinski definition) is 1. The van der Waals surface area contributed by atoms with E-state index in [0.717, 1.165) is 56.4 Å². The first-order chi connectivity index (χ1) is 14.0. The zero-order valence-corrected chi connectivity index (χ0v) is 16.5. The van der Waals surface area contributed by atoms with Gasteiger partial charge in [0, 0.05) is 29.3 Å². The molecule has 4 nitrogen and oxygen atoms in total. The minimum atomic E-state index is -0.996. The van der Waals surface area contributed by atoms with Gasteiger partial charge in [0.1, 0.15) is 6.10 Å². The van der Waals surface area contributed by atoms with Gasteiger partial charge in [0.25, 0.3) is 0 Å². The fourth-order valence-corrected chi connectivity index (χ4v) is 4.68. The van der Waals surface area contributed by atoms with Crippen LogP contribution in [0.1, 0.15) is 69.8 Å². The lowest BCUT2D eigenvalue weighted by Crippen LogP contribution is -2.35. The summed E-state index contributed by atoms with van der Waals surface area (Å²) in [7, 11) is 0. The van der Waals surface area contributed by atoms with Gasteiger partial charge >= 0.3 is 5.97 Å². The fourth-order valence-electron chi connectivity index (χ4n) is 4.68. The number of ketones is 1. The third-order valence-corrected chi connectivity index (χ3v) is 6.10. The molecule has 0 unspecified atom stereocenters. The Kier molecular flexibility index (Phi) is 5.52. The van der Waals surface area contributed by atoms with Crippen LogP contribution in [0.3, 0.4) is 0 Å². The summed E-state index contributed by atoms with van der Waals surface area (Å²) in [5, 5.41) is 3.21. The summed E-state index contributed by atoms with van der Waals surface area (Å²) in [6.45, 7) is 1.77. The van der Waals surface area contributed by atoms with Gasteiger partial charge in [-0.15, -0.1) is 0 Å². The molecule has 0 amide bonds. The monoisotopic (exact) mass is 401 g/mol. The van der Waals surface area contributed by atoms with Gasteiger partial charge in [-0.1, -0.05) is 12.5 Å². The molecule has 0 bridgehead atoms. The number of esters is 1. The summed E-state index contributed by atoms with van der Waals surface area (Å²) >= 11 is 0. The van der Waals surface area contributed by atoms with Crippen LogP contribution in [0.15, 0.2) is 40.7 Å². The van der Waals surface area contributed by atoms with Crippen molar-refractivity contribution in [3.05, 3.63) is 57.9 Å². The topological polar surface area (TPSA) is 55.4 Å². The lowest BCUT2D eigenvalue weighted by Gasteiger charge is -2.35. The van der Waals surface area contributed by atoms with E-state index in [9.17, 15) is 18.4 Å². The van der Waals surface area contributed by atoms with E-state index in [1.165, 1.54) is 6.07 Å². The van der Waals surface area contributed by atoms with Gasteiger partial charge in [-0.25, -0.2) is 13.6 Å². The summed E-state index contributed by atoms with van der Waals surface area (Å²) in [6, 6.07) is 3.57. The number of halogens is 2. The zero-order chi connectivity index (χ0) is 20.5. The molecule has 1 aromatic rings. The molecule has 0 spiro atoms. The van der Waals surface area contributed by atoms with Crippen molar-refractivity contribution < 1.29 is 23.1 Å². The maximum absolute atomic E-state index is 14.0. The van der Waals surface area contributed by atoms with E-state index in [-0.39, 0.29) is 11.9 Å². The normalized spacial score (nSPS) is 23.0. The Morgan fingerprint density at radius 3 is 2.55 bits per heavy atom. The Morgan fingerprint density at radius 2 is 1.83 bits per heavy atom. The van der Waals surface area contributed by atoms with Crippen LogP contribution in [0.25, 0.3) is 0 Å². The van der Waals surface area contributed by atoms with Crippen molar-refractivity contribution in [3.63, 3.8) is 0 Å². The molecule has 2 aliphatic carbocycles. The lowest BCUT2D eigenvalue weighted by atomic mass is 9.75. The third kappa shape index (κ3) is 3.85. The van der Waals surface area contributed by atoms with Crippen molar-refractivity contribution in [2.24, 2.45) is 0 Å². The molecule has 0 radical (unpaired) electrons. The SMILES string of the molecule is CC1=C(C(=O)OC2CCCCC2)[C@@H](c2ccc(F)c(F)c2)C2=C(CCCC2=O)N1. The second kappa shape index (κ2) is 8.09. The average molecular weight is 401 g/mol. The molecule has 0 aromatic heterocycles. The quantitative estimate of drug-likeness (QED) is 0.739. The molecule has 29 heavy (non-hydrogen) atoms. The average Bonchev–Trinajstić information content (AvgIpc) is 2.70. The summed E-state index contributed by atoms with van der Waals surface area (Å²) < 4.78 is 33.4.